The van der Waals surface area contributed by atoms with Gasteiger partial charge in [-0.2, -0.15) is 0 Å². The first kappa shape index (κ1) is 13.7. The minimum Gasteiger partial charge on any atom is -0.391 e. The normalized spacial score (nSPS) is 18.6. The Morgan fingerprint density at radius 1 is 1.19 bits per heavy atom. The van der Waals surface area contributed by atoms with E-state index in [9.17, 15) is 4.79 Å². The zero-order valence-corrected chi connectivity index (χ0v) is 12.6. The first-order chi connectivity index (χ1) is 10.2. The first-order valence-corrected chi connectivity index (χ1v) is 7.36. The van der Waals surface area contributed by atoms with Gasteiger partial charge in [-0.1, -0.05) is 30.3 Å². The highest BCUT2D eigenvalue weighted by Crippen LogP contribution is 2.30. The highest BCUT2D eigenvalue weighted by molar-refractivity contribution is 5.79. The molecule has 0 bridgehead atoms. The van der Waals surface area contributed by atoms with Gasteiger partial charge in [-0.3, -0.25) is 4.90 Å². The maximum absolute atomic E-state index is 12.5. The van der Waals surface area contributed by atoms with Crippen molar-refractivity contribution in [1.29, 1.82) is 0 Å². The number of carbonyl (C=O) groups is 1. The van der Waals surface area contributed by atoms with Crippen LogP contribution in [0.1, 0.15) is 18.4 Å². The second-order valence-electron chi connectivity index (χ2n) is 5.59. The van der Waals surface area contributed by atoms with Crippen LogP contribution in [0, 0.1) is 0 Å². The van der Waals surface area contributed by atoms with Crippen LogP contribution in [0.25, 0.3) is 0 Å². The summed E-state index contributed by atoms with van der Waals surface area (Å²) in [5.74, 6) is 0. The maximum atomic E-state index is 12.5. The molecule has 1 heterocycles. The summed E-state index contributed by atoms with van der Waals surface area (Å²) in [6, 6.07) is 10.2. The molecule has 1 aromatic rings. The van der Waals surface area contributed by atoms with E-state index in [4.69, 9.17) is 0 Å². The number of hydrogen-bond donors (Lipinski definition) is 1. The Kier molecular flexibility index (Phi) is 3.69. The molecule has 0 fully saturated rings. The van der Waals surface area contributed by atoms with Gasteiger partial charge >= 0.3 is 6.03 Å². The largest absolute Gasteiger partial charge is 0.391 e. The maximum Gasteiger partial charge on any atom is 0.324 e. The van der Waals surface area contributed by atoms with Crippen LogP contribution in [0.2, 0.25) is 0 Å². The molecule has 4 nitrogen and oxygen atoms in total. The van der Waals surface area contributed by atoms with E-state index >= 15 is 0 Å². The van der Waals surface area contributed by atoms with Crippen LogP contribution in [0.15, 0.2) is 53.4 Å². The molecule has 3 rings (SSSR count). The fraction of sp³-hybridized carbons (Fsp3) is 0.353. The Balaban J connectivity index is 1.83. The smallest absolute Gasteiger partial charge is 0.324 e. The monoisotopic (exact) mass is 283 g/mol. The van der Waals surface area contributed by atoms with E-state index < -0.39 is 0 Å². The molecule has 1 aliphatic heterocycles. The minimum absolute atomic E-state index is 0.0752. The number of nitrogens with one attached hydrogen (secondary N) is 1. The lowest BCUT2D eigenvalue weighted by Gasteiger charge is -2.38. The number of urea groups is 1. The zero-order valence-electron chi connectivity index (χ0n) is 12.6. The summed E-state index contributed by atoms with van der Waals surface area (Å²) < 4.78 is 0. The summed E-state index contributed by atoms with van der Waals surface area (Å²) >= 11 is 0. The van der Waals surface area contributed by atoms with Gasteiger partial charge in [0.25, 0.3) is 0 Å². The molecule has 0 unspecified atom stereocenters. The molecule has 2 amide bonds. The Morgan fingerprint density at radius 2 is 1.95 bits per heavy atom. The van der Waals surface area contributed by atoms with Crippen molar-refractivity contribution in [1.82, 2.24) is 15.1 Å². The quantitative estimate of drug-likeness (QED) is 0.926. The van der Waals surface area contributed by atoms with E-state index in [0.717, 1.165) is 25.1 Å². The standard InChI is InChI=1S/C17H21N3O/c1-18-15-9-8-14-12-20(11-13-6-4-3-5-7-13)17(21)19(2)16(14)10-15/h3-7,10,18H,8-9,11-12H2,1-2H3. The summed E-state index contributed by atoms with van der Waals surface area (Å²) in [6.07, 6.45) is 4.15. The van der Waals surface area contributed by atoms with E-state index in [1.165, 1.54) is 16.8 Å². The fourth-order valence-corrected chi connectivity index (χ4v) is 2.98. The van der Waals surface area contributed by atoms with E-state index in [-0.39, 0.29) is 6.03 Å². The third-order valence-electron chi connectivity index (χ3n) is 4.21. The van der Waals surface area contributed by atoms with Crippen molar-refractivity contribution in [2.75, 3.05) is 20.6 Å². The Morgan fingerprint density at radius 3 is 2.67 bits per heavy atom. The van der Waals surface area contributed by atoms with Gasteiger partial charge < -0.3 is 10.2 Å². The molecular weight excluding hydrogens is 262 g/mol. The van der Waals surface area contributed by atoms with Crippen molar-refractivity contribution in [2.24, 2.45) is 0 Å². The molecule has 0 aromatic heterocycles. The van der Waals surface area contributed by atoms with Crippen LogP contribution >= 0.6 is 0 Å². The third-order valence-corrected chi connectivity index (χ3v) is 4.21. The summed E-state index contributed by atoms with van der Waals surface area (Å²) in [6.45, 7) is 1.41. The van der Waals surface area contributed by atoms with Gasteiger partial charge in [0.15, 0.2) is 0 Å². The highest BCUT2D eigenvalue weighted by Gasteiger charge is 2.30. The summed E-state index contributed by atoms with van der Waals surface area (Å²) in [4.78, 5) is 16.2. The molecule has 110 valence electrons. The van der Waals surface area contributed by atoms with Gasteiger partial charge in [-0.15, -0.1) is 0 Å². The van der Waals surface area contributed by atoms with Crippen molar-refractivity contribution < 1.29 is 4.79 Å². The number of amides is 2. The van der Waals surface area contributed by atoms with Crippen molar-refractivity contribution in [3.63, 3.8) is 0 Å². The van der Waals surface area contributed by atoms with Gasteiger partial charge in [0.05, 0.1) is 0 Å². The SMILES string of the molecule is CNC1=CC2=C(CC1)CN(Cc1ccccc1)C(=O)N2C. The number of benzene rings is 1. The summed E-state index contributed by atoms with van der Waals surface area (Å²) in [5.41, 5.74) is 4.79. The van der Waals surface area contributed by atoms with Gasteiger partial charge in [0.1, 0.15) is 0 Å². The Hall–Kier alpha value is -2.23. The average molecular weight is 283 g/mol. The van der Waals surface area contributed by atoms with E-state index in [1.54, 1.807) is 4.90 Å². The van der Waals surface area contributed by atoms with Gasteiger partial charge in [-0.05, 0) is 30.1 Å². The van der Waals surface area contributed by atoms with E-state index in [0.29, 0.717) is 6.54 Å². The molecule has 1 aromatic carbocycles. The lowest BCUT2D eigenvalue weighted by Crippen LogP contribution is -2.46. The number of allylic oxidation sites excluding steroid dienone is 2. The summed E-state index contributed by atoms with van der Waals surface area (Å²) in [5, 5.41) is 3.20. The lowest BCUT2D eigenvalue weighted by atomic mass is 9.96. The molecular formula is C17H21N3O. The molecule has 0 radical (unpaired) electrons. The number of likely N-dealkylation sites (N-methyl/N-ethyl adjacent to an activating group) is 1. The molecule has 0 spiro atoms. The third kappa shape index (κ3) is 2.66. The Labute approximate surface area is 125 Å². The predicted octanol–water partition coefficient (Wildman–Crippen LogP) is 2.71. The van der Waals surface area contributed by atoms with Crippen LogP contribution in [-0.2, 0) is 6.54 Å². The van der Waals surface area contributed by atoms with Crippen LogP contribution in [-0.4, -0.2) is 36.5 Å². The number of rotatable bonds is 3. The van der Waals surface area contributed by atoms with Crippen molar-refractivity contribution in [2.45, 2.75) is 19.4 Å². The number of nitrogens with zero attached hydrogens (tertiary/aromatic N) is 2. The molecule has 0 atom stereocenters. The average Bonchev–Trinajstić information content (AvgIpc) is 2.53. The highest BCUT2D eigenvalue weighted by atomic mass is 16.2. The molecule has 1 N–H and O–H groups in total. The van der Waals surface area contributed by atoms with Crippen molar-refractivity contribution in [3.05, 3.63) is 58.9 Å². The van der Waals surface area contributed by atoms with Crippen LogP contribution in [0.3, 0.4) is 0 Å². The van der Waals surface area contributed by atoms with Crippen LogP contribution < -0.4 is 5.32 Å². The molecule has 2 aliphatic rings. The van der Waals surface area contributed by atoms with Gasteiger partial charge in [0, 0.05) is 38.6 Å². The second kappa shape index (κ2) is 5.64. The minimum atomic E-state index is 0.0752. The lowest BCUT2D eigenvalue weighted by molar-refractivity contribution is 0.166. The molecule has 0 saturated heterocycles. The number of carbonyl (C=O) groups excluding carboxylic acids is 1. The predicted molar refractivity (Wildman–Crippen MR) is 83.4 cm³/mol. The van der Waals surface area contributed by atoms with Crippen molar-refractivity contribution in [3.8, 4) is 0 Å². The van der Waals surface area contributed by atoms with E-state index in [1.807, 2.05) is 37.2 Å². The zero-order chi connectivity index (χ0) is 14.8. The summed E-state index contributed by atoms with van der Waals surface area (Å²) in [7, 11) is 3.80. The van der Waals surface area contributed by atoms with Gasteiger partial charge in [-0.25, -0.2) is 4.79 Å². The van der Waals surface area contributed by atoms with Crippen LogP contribution in [0.5, 0.6) is 0 Å². The molecule has 1 aliphatic carbocycles. The van der Waals surface area contributed by atoms with E-state index in [2.05, 4.69) is 23.5 Å². The molecule has 21 heavy (non-hydrogen) atoms. The molecule has 0 saturated carbocycles. The number of hydrogen-bond acceptors (Lipinski definition) is 2. The Bertz CT molecular complexity index is 604. The second-order valence-corrected chi connectivity index (χ2v) is 5.59. The topological polar surface area (TPSA) is 35.6 Å². The van der Waals surface area contributed by atoms with Gasteiger partial charge in [0.2, 0.25) is 0 Å². The van der Waals surface area contributed by atoms with Crippen molar-refractivity contribution >= 4 is 6.03 Å². The fourth-order valence-electron chi connectivity index (χ4n) is 2.98. The van der Waals surface area contributed by atoms with Crippen LogP contribution in [0.4, 0.5) is 4.79 Å². The first-order valence-electron chi connectivity index (χ1n) is 7.36. The molecule has 4 heteroatoms.